The lowest BCUT2D eigenvalue weighted by Crippen LogP contribution is -2.27. The summed E-state index contributed by atoms with van der Waals surface area (Å²) in [6, 6.07) is 10.2. The largest absolute Gasteiger partial charge is 0.326 e. The third-order valence-electron chi connectivity index (χ3n) is 3.04. The number of halogens is 2. The van der Waals surface area contributed by atoms with Crippen LogP contribution in [0.25, 0.3) is 0 Å². The van der Waals surface area contributed by atoms with E-state index < -0.39 is 17.5 Å². The Morgan fingerprint density at radius 2 is 1.85 bits per heavy atom. The smallest absolute Gasteiger partial charge is 0.258 e. The molecule has 3 nitrogen and oxygen atoms in total. The molecule has 0 aliphatic heterocycles. The normalized spacial score (nSPS) is 10.4. The number of anilines is 1. The molecule has 2 aromatic carbocycles. The van der Waals surface area contributed by atoms with E-state index in [1.165, 1.54) is 11.0 Å². The number of para-hydroxylation sites is 1. The molecule has 20 heavy (non-hydrogen) atoms. The van der Waals surface area contributed by atoms with Crippen molar-refractivity contribution in [1.29, 1.82) is 0 Å². The monoisotopic (exact) mass is 276 g/mol. The van der Waals surface area contributed by atoms with Crippen LogP contribution in [0.2, 0.25) is 0 Å². The Kier molecular flexibility index (Phi) is 4.10. The quantitative estimate of drug-likeness (QED) is 0.937. The van der Waals surface area contributed by atoms with Crippen LogP contribution in [0.4, 0.5) is 14.5 Å². The fourth-order valence-corrected chi connectivity index (χ4v) is 1.94. The van der Waals surface area contributed by atoms with E-state index in [-0.39, 0.29) is 12.1 Å². The van der Waals surface area contributed by atoms with Crippen molar-refractivity contribution in [3.8, 4) is 0 Å². The minimum absolute atomic E-state index is 0.0817. The molecule has 0 aliphatic carbocycles. The van der Waals surface area contributed by atoms with E-state index in [9.17, 15) is 13.6 Å². The first-order valence-corrected chi connectivity index (χ1v) is 6.05. The van der Waals surface area contributed by atoms with Crippen LogP contribution in [0.5, 0.6) is 0 Å². The number of amides is 1. The first-order chi connectivity index (χ1) is 9.54. The number of nitrogens with zero attached hydrogens (tertiary/aromatic N) is 1. The summed E-state index contributed by atoms with van der Waals surface area (Å²) in [5.74, 6) is -2.45. The van der Waals surface area contributed by atoms with Crippen molar-refractivity contribution in [1.82, 2.24) is 0 Å². The molecule has 0 saturated carbocycles. The molecular formula is C15H14F2N2O. The zero-order chi connectivity index (χ0) is 14.7. The van der Waals surface area contributed by atoms with E-state index in [0.29, 0.717) is 5.69 Å². The van der Waals surface area contributed by atoms with Gasteiger partial charge in [0.25, 0.3) is 5.91 Å². The zero-order valence-corrected chi connectivity index (χ0v) is 10.9. The molecule has 2 N–H and O–H groups in total. The number of nitrogens with two attached hydrogens (primary N) is 1. The molecule has 5 heteroatoms. The van der Waals surface area contributed by atoms with Crippen molar-refractivity contribution in [2.75, 3.05) is 11.9 Å². The van der Waals surface area contributed by atoms with Crippen molar-refractivity contribution in [3.05, 3.63) is 65.2 Å². The van der Waals surface area contributed by atoms with Crippen molar-refractivity contribution in [2.45, 2.75) is 6.54 Å². The minimum atomic E-state index is -1.05. The lowest BCUT2D eigenvalue weighted by molar-refractivity contribution is 0.0992. The Morgan fingerprint density at radius 3 is 2.50 bits per heavy atom. The van der Waals surface area contributed by atoms with Crippen molar-refractivity contribution in [2.24, 2.45) is 5.73 Å². The van der Waals surface area contributed by atoms with E-state index in [1.54, 1.807) is 19.2 Å². The van der Waals surface area contributed by atoms with Crippen molar-refractivity contribution in [3.63, 3.8) is 0 Å². The topological polar surface area (TPSA) is 46.3 Å². The molecule has 2 aromatic rings. The maximum Gasteiger partial charge on any atom is 0.258 e. The molecule has 0 bridgehead atoms. The molecule has 0 aliphatic rings. The second kappa shape index (κ2) is 5.79. The van der Waals surface area contributed by atoms with Gasteiger partial charge in [0.1, 0.15) is 0 Å². The predicted octanol–water partition coefficient (Wildman–Crippen LogP) is 2.70. The molecule has 0 radical (unpaired) electrons. The summed E-state index contributed by atoms with van der Waals surface area (Å²) in [5.41, 5.74) is 7.15. The highest BCUT2D eigenvalue weighted by Crippen LogP contribution is 2.21. The van der Waals surface area contributed by atoms with Gasteiger partial charge >= 0.3 is 0 Å². The Balaban J connectivity index is 2.34. The highest BCUT2D eigenvalue weighted by Gasteiger charge is 2.17. The Morgan fingerprint density at radius 1 is 1.15 bits per heavy atom. The molecule has 0 spiro atoms. The standard InChI is InChI=1S/C15H14F2N2O/c1-19(14-5-3-2-4-11(14)9-18)15(20)10-6-7-12(16)13(17)8-10/h2-8H,9,18H2,1H3. The number of rotatable bonds is 3. The van der Waals surface area contributed by atoms with Gasteiger partial charge in [0.15, 0.2) is 11.6 Å². The molecule has 0 saturated heterocycles. The molecule has 0 unspecified atom stereocenters. The van der Waals surface area contributed by atoms with Gasteiger partial charge in [0.2, 0.25) is 0 Å². The molecule has 1 amide bonds. The Bertz CT molecular complexity index is 644. The predicted molar refractivity (Wildman–Crippen MR) is 73.4 cm³/mol. The molecular weight excluding hydrogens is 262 g/mol. The summed E-state index contributed by atoms with van der Waals surface area (Å²) in [6.45, 7) is 0.283. The average molecular weight is 276 g/mol. The van der Waals surface area contributed by atoms with E-state index in [4.69, 9.17) is 5.73 Å². The molecule has 0 aromatic heterocycles. The fraction of sp³-hybridized carbons (Fsp3) is 0.133. The van der Waals surface area contributed by atoms with Gasteiger partial charge in [-0.2, -0.15) is 0 Å². The van der Waals surface area contributed by atoms with E-state index in [2.05, 4.69) is 0 Å². The summed E-state index contributed by atoms with van der Waals surface area (Å²) in [6.07, 6.45) is 0. The first-order valence-electron chi connectivity index (χ1n) is 6.05. The van der Waals surface area contributed by atoms with Gasteiger partial charge in [-0.1, -0.05) is 18.2 Å². The zero-order valence-electron chi connectivity index (χ0n) is 10.9. The van der Waals surface area contributed by atoms with Gasteiger partial charge in [0.05, 0.1) is 0 Å². The van der Waals surface area contributed by atoms with Crippen LogP contribution in [0.3, 0.4) is 0 Å². The summed E-state index contributed by atoms with van der Waals surface area (Å²) in [7, 11) is 1.57. The fourth-order valence-electron chi connectivity index (χ4n) is 1.94. The molecule has 2 rings (SSSR count). The Labute approximate surface area is 115 Å². The first kappa shape index (κ1) is 14.1. The third-order valence-corrected chi connectivity index (χ3v) is 3.04. The van der Waals surface area contributed by atoms with Gasteiger partial charge in [-0.05, 0) is 29.8 Å². The molecule has 0 atom stereocenters. The van der Waals surface area contributed by atoms with Gasteiger partial charge in [-0.3, -0.25) is 4.79 Å². The average Bonchev–Trinajstić information content (AvgIpc) is 2.48. The second-order valence-electron chi connectivity index (χ2n) is 4.33. The van der Waals surface area contributed by atoms with Gasteiger partial charge in [-0.25, -0.2) is 8.78 Å². The van der Waals surface area contributed by atoms with Crippen LogP contribution in [-0.4, -0.2) is 13.0 Å². The van der Waals surface area contributed by atoms with E-state index in [0.717, 1.165) is 17.7 Å². The van der Waals surface area contributed by atoms with Gasteiger partial charge < -0.3 is 10.6 Å². The Hall–Kier alpha value is -2.27. The second-order valence-corrected chi connectivity index (χ2v) is 4.33. The maximum atomic E-state index is 13.2. The number of benzene rings is 2. The summed E-state index contributed by atoms with van der Waals surface area (Å²) >= 11 is 0. The van der Waals surface area contributed by atoms with E-state index in [1.807, 2.05) is 12.1 Å². The lowest BCUT2D eigenvalue weighted by atomic mass is 10.1. The number of hydrogen-bond donors (Lipinski definition) is 1. The van der Waals surface area contributed by atoms with E-state index >= 15 is 0 Å². The van der Waals surface area contributed by atoms with Crippen LogP contribution >= 0.6 is 0 Å². The van der Waals surface area contributed by atoms with Crippen LogP contribution in [0.15, 0.2) is 42.5 Å². The number of carbonyl (C=O) groups excluding carboxylic acids is 1. The highest BCUT2D eigenvalue weighted by molar-refractivity contribution is 6.06. The van der Waals surface area contributed by atoms with Crippen LogP contribution in [0.1, 0.15) is 15.9 Å². The molecule has 0 heterocycles. The highest BCUT2D eigenvalue weighted by atomic mass is 19.2. The molecule has 104 valence electrons. The van der Waals surface area contributed by atoms with Crippen molar-refractivity contribution >= 4 is 11.6 Å². The minimum Gasteiger partial charge on any atom is -0.326 e. The van der Waals surface area contributed by atoms with Crippen LogP contribution in [-0.2, 0) is 6.54 Å². The van der Waals surface area contributed by atoms with Crippen LogP contribution < -0.4 is 10.6 Å². The van der Waals surface area contributed by atoms with Gasteiger partial charge in [0, 0.05) is 24.8 Å². The number of hydrogen-bond acceptors (Lipinski definition) is 2. The van der Waals surface area contributed by atoms with Crippen LogP contribution in [0, 0.1) is 11.6 Å². The van der Waals surface area contributed by atoms with Gasteiger partial charge in [-0.15, -0.1) is 0 Å². The third kappa shape index (κ3) is 2.67. The van der Waals surface area contributed by atoms with Crippen molar-refractivity contribution < 1.29 is 13.6 Å². The maximum absolute atomic E-state index is 13.2. The number of carbonyl (C=O) groups is 1. The molecule has 0 fully saturated rings. The summed E-state index contributed by atoms with van der Waals surface area (Å²) in [5, 5.41) is 0. The summed E-state index contributed by atoms with van der Waals surface area (Å²) < 4.78 is 26.1. The lowest BCUT2D eigenvalue weighted by Gasteiger charge is -2.20. The summed E-state index contributed by atoms with van der Waals surface area (Å²) in [4.78, 5) is 13.6. The SMILES string of the molecule is CN(C(=O)c1ccc(F)c(F)c1)c1ccccc1CN.